The van der Waals surface area contributed by atoms with Gasteiger partial charge in [0.2, 0.25) is 0 Å². The summed E-state index contributed by atoms with van der Waals surface area (Å²) in [5.74, 6) is 0. The van der Waals surface area contributed by atoms with Crippen LogP contribution in [0.25, 0.3) is 27.5 Å². The summed E-state index contributed by atoms with van der Waals surface area (Å²) in [6.45, 7) is 2.06. The summed E-state index contributed by atoms with van der Waals surface area (Å²) < 4.78 is 2.10. The second kappa shape index (κ2) is 5.91. The van der Waals surface area contributed by atoms with E-state index in [0.717, 1.165) is 33.2 Å². The van der Waals surface area contributed by atoms with E-state index in [1.165, 1.54) is 5.56 Å². The molecule has 0 aliphatic rings. The fourth-order valence-corrected chi connectivity index (χ4v) is 3.74. The van der Waals surface area contributed by atoms with Crippen LogP contribution in [-0.2, 0) is 6.42 Å². The zero-order valence-electron chi connectivity index (χ0n) is 13.1. The van der Waals surface area contributed by atoms with Crippen molar-refractivity contribution in [1.82, 2.24) is 14.4 Å². The Morgan fingerprint density at radius 3 is 2.54 bits per heavy atom. The molecule has 4 aromatic rings. The van der Waals surface area contributed by atoms with Gasteiger partial charge in [0.05, 0.1) is 29.6 Å². The SMILES string of the molecule is Cc1ccc(-c2nc3scc(-c4ccncc4)n3c2CC#N)cc1. The number of pyridine rings is 1. The van der Waals surface area contributed by atoms with Crippen molar-refractivity contribution in [3.63, 3.8) is 0 Å². The summed E-state index contributed by atoms with van der Waals surface area (Å²) >= 11 is 1.59. The number of hydrogen-bond acceptors (Lipinski definition) is 4. The molecule has 0 bridgehead atoms. The monoisotopic (exact) mass is 330 g/mol. The van der Waals surface area contributed by atoms with Crippen LogP contribution in [0.5, 0.6) is 0 Å². The van der Waals surface area contributed by atoms with Crippen LogP contribution in [0.1, 0.15) is 11.3 Å². The van der Waals surface area contributed by atoms with E-state index in [-0.39, 0.29) is 0 Å². The minimum Gasteiger partial charge on any atom is -0.286 e. The van der Waals surface area contributed by atoms with Gasteiger partial charge in [-0.05, 0) is 19.1 Å². The van der Waals surface area contributed by atoms with Gasteiger partial charge in [-0.1, -0.05) is 29.8 Å². The minimum atomic E-state index is 0.319. The molecule has 1 aromatic carbocycles. The molecule has 0 unspecified atom stereocenters. The third kappa shape index (κ3) is 2.38. The molecule has 0 saturated carbocycles. The van der Waals surface area contributed by atoms with E-state index < -0.39 is 0 Å². The van der Waals surface area contributed by atoms with Crippen molar-refractivity contribution in [3.05, 3.63) is 65.4 Å². The lowest BCUT2D eigenvalue weighted by molar-refractivity contribution is 1.08. The van der Waals surface area contributed by atoms with Crippen LogP contribution in [0.2, 0.25) is 0 Å². The molecule has 0 saturated heterocycles. The Kier molecular flexibility index (Phi) is 3.60. The van der Waals surface area contributed by atoms with Gasteiger partial charge in [0, 0.05) is 28.9 Å². The molecule has 0 atom stereocenters. The van der Waals surface area contributed by atoms with Gasteiger partial charge < -0.3 is 0 Å². The van der Waals surface area contributed by atoms with Crippen molar-refractivity contribution in [2.45, 2.75) is 13.3 Å². The van der Waals surface area contributed by atoms with Crippen LogP contribution < -0.4 is 0 Å². The number of nitrogens with zero attached hydrogens (tertiary/aromatic N) is 4. The van der Waals surface area contributed by atoms with Crippen LogP contribution in [0, 0.1) is 18.3 Å². The summed E-state index contributed by atoms with van der Waals surface area (Å²) in [6.07, 6.45) is 3.88. The Morgan fingerprint density at radius 1 is 1.08 bits per heavy atom. The molecule has 116 valence electrons. The van der Waals surface area contributed by atoms with Crippen LogP contribution in [0.3, 0.4) is 0 Å². The van der Waals surface area contributed by atoms with Gasteiger partial charge in [-0.25, -0.2) is 4.98 Å². The van der Waals surface area contributed by atoms with Gasteiger partial charge in [-0.2, -0.15) is 5.26 Å². The number of aromatic nitrogens is 3. The van der Waals surface area contributed by atoms with E-state index in [1.54, 1.807) is 23.7 Å². The van der Waals surface area contributed by atoms with E-state index in [2.05, 4.69) is 52.0 Å². The van der Waals surface area contributed by atoms with Crippen molar-refractivity contribution in [2.75, 3.05) is 0 Å². The second-order valence-electron chi connectivity index (χ2n) is 5.58. The number of aryl methyl sites for hydroxylation is 1. The van der Waals surface area contributed by atoms with Gasteiger partial charge in [0.25, 0.3) is 0 Å². The van der Waals surface area contributed by atoms with Crippen LogP contribution in [-0.4, -0.2) is 14.4 Å². The highest BCUT2D eigenvalue weighted by atomic mass is 32.1. The first-order chi connectivity index (χ1) is 11.8. The first kappa shape index (κ1) is 14.6. The quantitative estimate of drug-likeness (QED) is 0.556. The van der Waals surface area contributed by atoms with Crippen LogP contribution in [0.15, 0.2) is 54.2 Å². The summed E-state index contributed by atoms with van der Waals surface area (Å²) in [4.78, 5) is 9.78. The third-order valence-corrected chi connectivity index (χ3v) is 4.83. The van der Waals surface area contributed by atoms with Crippen LogP contribution >= 0.6 is 11.3 Å². The first-order valence-electron chi connectivity index (χ1n) is 7.61. The lowest BCUT2D eigenvalue weighted by Crippen LogP contribution is -1.95. The normalized spacial score (nSPS) is 10.8. The number of hydrogen-bond donors (Lipinski definition) is 0. The predicted molar refractivity (Wildman–Crippen MR) is 95.8 cm³/mol. The molecular weight excluding hydrogens is 316 g/mol. The predicted octanol–water partition coefficient (Wildman–Crippen LogP) is 4.50. The Morgan fingerprint density at radius 2 is 1.83 bits per heavy atom. The maximum atomic E-state index is 9.31. The number of imidazole rings is 1. The van der Waals surface area contributed by atoms with Crippen LogP contribution in [0.4, 0.5) is 0 Å². The summed E-state index contributed by atoms with van der Waals surface area (Å²) in [5.41, 5.74) is 6.20. The smallest absolute Gasteiger partial charge is 0.194 e. The maximum absolute atomic E-state index is 9.31. The Balaban J connectivity index is 1.97. The highest BCUT2D eigenvalue weighted by Crippen LogP contribution is 2.33. The number of benzene rings is 1. The molecule has 0 aliphatic heterocycles. The Labute approximate surface area is 143 Å². The second-order valence-corrected chi connectivity index (χ2v) is 6.42. The number of thiazole rings is 1. The molecule has 0 radical (unpaired) electrons. The van der Waals surface area contributed by atoms with E-state index in [0.29, 0.717) is 6.42 Å². The van der Waals surface area contributed by atoms with Crippen molar-refractivity contribution >= 4 is 16.3 Å². The summed E-state index contributed by atoms with van der Waals surface area (Å²) in [5, 5.41) is 11.4. The largest absolute Gasteiger partial charge is 0.286 e. The highest BCUT2D eigenvalue weighted by Gasteiger charge is 2.18. The molecule has 0 N–H and O–H groups in total. The van der Waals surface area contributed by atoms with Gasteiger partial charge in [0.1, 0.15) is 0 Å². The molecule has 0 amide bonds. The minimum absolute atomic E-state index is 0.319. The lowest BCUT2D eigenvalue weighted by atomic mass is 10.1. The van der Waals surface area contributed by atoms with Crippen molar-refractivity contribution in [3.8, 4) is 28.6 Å². The molecule has 3 heterocycles. The fraction of sp³-hybridized carbons (Fsp3) is 0.105. The van der Waals surface area contributed by atoms with Gasteiger partial charge >= 0.3 is 0 Å². The number of fused-ring (bicyclic) bond motifs is 1. The van der Waals surface area contributed by atoms with E-state index in [4.69, 9.17) is 4.98 Å². The average molecular weight is 330 g/mol. The molecule has 0 spiro atoms. The molecule has 24 heavy (non-hydrogen) atoms. The highest BCUT2D eigenvalue weighted by molar-refractivity contribution is 7.15. The summed E-state index contributed by atoms with van der Waals surface area (Å²) in [7, 11) is 0. The number of rotatable bonds is 3. The van der Waals surface area contributed by atoms with Crippen molar-refractivity contribution in [2.24, 2.45) is 0 Å². The van der Waals surface area contributed by atoms with E-state index in [9.17, 15) is 5.26 Å². The zero-order chi connectivity index (χ0) is 16.5. The van der Waals surface area contributed by atoms with Gasteiger partial charge in [-0.15, -0.1) is 11.3 Å². The maximum Gasteiger partial charge on any atom is 0.194 e. The average Bonchev–Trinajstić information content (AvgIpc) is 3.17. The Hall–Kier alpha value is -2.97. The van der Waals surface area contributed by atoms with E-state index in [1.807, 2.05) is 12.1 Å². The fourth-order valence-electron chi connectivity index (χ4n) is 2.82. The first-order valence-corrected chi connectivity index (χ1v) is 8.49. The number of nitriles is 1. The standard InChI is InChI=1S/C19H14N4S/c1-13-2-4-15(5-3-13)18-16(6-9-20)23-17(12-24-19(23)22-18)14-7-10-21-11-8-14/h2-5,7-8,10-12H,6H2,1H3. The third-order valence-electron chi connectivity index (χ3n) is 4.01. The van der Waals surface area contributed by atoms with Gasteiger partial charge in [-0.3, -0.25) is 9.38 Å². The molecule has 5 heteroatoms. The molecule has 0 aliphatic carbocycles. The topological polar surface area (TPSA) is 54.0 Å². The Bertz CT molecular complexity index is 1040. The molecule has 0 fully saturated rings. The van der Waals surface area contributed by atoms with Crippen molar-refractivity contribution < 1.29 is 0 Å². The molecule has 3 aromatic heterocycles. The summed E-state index contributed by atoms with van der Waals surface area (Å²) in [6, 6.07) is 14.5. The molecule has 4 rings (SSSR count). The molecular formula is C19H14N4S. The lowest BCUT2D eigenvalue weighted by Gasteiger charge is -2.05. The van der Waals surface area contributed by atoms with E-state index >= 15 is 0 Å². The van der Waals surface area contributed by atoms with Crippen molar-refractivity contribution in [1.29, 1.82) is 5.26 Å². The molecule has 4 nitrogen and oxygen atoms in total. The van der Waals surface area contributed by atoms with Gasteiger partial charge in [0.15, 0.2) is 4.96 Å². The zero-order valence-corrected chi connectivity index (χ0v) is 13.9.